The van der Waals surface area contributed by atoms with Crippen molar-refractivity contribution < 1.29 is 13.2 Å². The molecule has 1 N–H and O–H groups in total. The molecule has 6 heteroatoms. The monoisotopic (exact) mass is 360 g/mol. The van der Waals surface area contributed by atoms with Crippen molar-refractivity contribution in [2.24, 2.45) is 0 Å². The van der Waals surface area contributed by atoms with E-state index in [0.29, 0.717) is 24.3 Å². The lowest BCUT2D eigenvalue weighted by Gasteiger charge is -2.23. The van der Waals surface area contributed by atoms with E-state index in [2.05, 4.69) is 4.72 Å². The Bertz CT molecular complexity index is 833. The number of anilines is 1. The van der Waals surface area contributed by atoms with Gasteiger partial charge in [0.2, 0.25) is 10.0 Å². The van der Waals surface area contributed by atoms with Crippen molar-refractivity contribution in [1.29, 1.82) is 0 Å². The first-order valence-corrected chi connectivity index (χ1v) is 10.1. The predicted molar refractivity (Wildman–Crippen MR) is 101 cm³/mol. The summed E-state index contributed by atoms with van der Waals surface area (Å²) in [5.74, 6) is -0.109. The molecule has 0 aromatic heterocycles. The summed E-state index contributed by atoms with van der Waals surface area (Å²) in [5, 5.41) is 0. The first-order valence-electron chi connectivity index (χ1n) is 8.22. The molecule has 0 atom stereocenters. The average Bonchev–Trinajstić information content (AvgIpc) is 2.55. The van der Waals surface area contributed by atoms with Gasteiger partial charge in [-0.05, 0) is 36.6 Å². The molecule has 0 unspecified atom stereocenters. The fourth-order valence-corrected chi connectivity index (χ4v) is 3.19. The zero-order valence-electron chi connectivity index (χ0n) is 14.8. The lowest BCUT2D eigenvalue weighted by Crippen LogP contribution is -2.31. The molecule has 0 saturated carbocycles. The molecule has 0 fully saturated rings. The van der Waals surface area contributed by atoms with E-state index < -0.39 is 10.0 Å². The third-order valence-electron chi connectivity index (χ3n) is 3.78. The average molecular weight is 360 g/mol. The van der Waals surface area contributed by atoms with Crippen LogP contribution in [-0.4, -0.2) is 32.0 Å². The highest BCUT2D eigenvalue weighted by Crippen LogP contribution is 2.20. The Balaban J connectivity index is 2.28. The molecule has 2 rings (SSSR count). The van der Waals surface area contributed by atoms with Crippen LogP contribution < -0.4 is 4.72 Å². The number of hydrogen-bond acceptors (Lipinski definition) is 3. The molecule has 1 amide bonds. The third-order valence-corrected chi connectivity index (χ3v) is 4.37. The molecule has 0 bridgehead atoms. The molecule has 0 aliphatic carbocycles. The van der Waals surface area contributed by atoms with E-state index in [1.54, 1.807) is 30.0 Å². The Morgan fingerprint density at radius 3 is 2.40 bits per heavy atom. The number of carbonyl (C=O) groups excluding carboxylic acids is 1. The van der Waals surface area contributed by atoms with E-state index in [1.165, 1.54) is 0 Å². The van der Waals surface area contributed by atoms with Crippen molar-refractivity contribution in [3.63, 3.8) is 0 Å². The van der Waals surface area contributed by atoms with Gasteiger partial charge in [-0.15, -0.1) is 0 Å². The quantitative estimate of drug-likeness (QED) is 0.823. The van der Waals surface area contributed by atoms with Gasteiger partial charge >= 0.3 is 0 Å². The zero-order chi connectivity index (χ0) is 18.4. The highest BCUT2D eigenvalue weighted by Gasteiger charge is 2.17. The molecule has 25 heavy (non-hydrogen) atoms. The summed E-state index contributed by atoms with van der Waals surface area (Å²) in [6, 6.07) is 14.9. The van der Waals surface area contributed by atoms with Crippen LogP contribution >= 0.6 is 0 Å². The topological polar surface area (TPSA) is 66.5 Å². The van der Waals surface area contributed by atoms with Crippen LogP contribution in [-0.2, 0) is 16.6 Å². The Morgan fingerprint density at radius 1 is 1.12 bits per heavy atom. The van der Waals surface area contributed by atoms with Crippen LogP contribution in [0.4, 0.5) is 5.69 Å². The highest BCUT2D eigenvalue weighted by atomic mass is 32.2. The smallest absolute Gasteiger partial charge is 0.254 e. The predicted octanol–water partition coefficient (Wildman–Crippen LogP) is 3.42. The van der Waals surface area contributed by atoms with E-state index in [-0.39, 0.29) is 5.91 Å². The van der Waals surface area contributed by atoms with Gasteiger partial charge in [-0.3, -0.25) is 9.52 Å². The number of amides is 1. The number of carbonyl (C=O) groups is 1. The van der Waals surface area contributed by atoms with Gasteiger partial charge in [-0.25, -0.2) is 8.42 Å². The molecule has 0 aliphatic rings. The summed E-state index contributed by atoms with van der Waals surface area (Å²) in [4.78, 5) is 14.7. The van der Waals surface area contributed by atoms with E-state index >= 15 is 0 Å². The fourth-order valence-electron chi connectivity index (χ4n) is 2.57. The maximum Gasteiger partial charge on any atom is 0.254 e. The highest BCUT2D eigenvalue weighted by molar-refractivity contribution is 7.92. The van der Waals surface area contributed by atoms with Gasteiger partial charge in [0.1, 0.15) is 0 Å². The van der Waals surface area contributed by atoms with Crippen LogP contribution in [0.1, 0.15) is 34.8 Å². The SMILES string of the molecule is CCCN(Cc1ccccc1)C(=O)c1ccc(C)c(NS(C)(=O)=O)c1. The molecule has 0 aliphatic heterocycles. The minimum absolute atomic E-state index is 0.109. The number of sulfonamides is 1. The van der Waals surface area contributed by atoms with Crippen LogP contribution in [0.5, 0.6) is 0 Å². The van der Waals surface area contributed by atoms with Crippen LogP contribution in [0.3, 0.4) is 0 Å². The largest absolute Gasteiger partial charge is 0.334 e. The summed E-state index contributed by atoms with van der Waals surface area (Å²) < 4.78 is 25.5. The second-order valence-electron chi connectivity index (χ2n) is 6.12. The maximum absolute atomic E-state index is 12.9. The summed E-state index contributed by atoms with van der Waals surface area (Å²) >= 11 is 0. The molecule has 0 heterocycles. The van der Waals surface area contributed by atoms with E-state index in [0.717, 1.165) is 23.8 Å². The second kappa shape index (κ2) is 8.16. The zero-order valence-corrected chi connectivity index (χ0v) is 15.6. The van der Waals surface area contributed by atoms with Crippen LogP contribution in [0.25, 0.3) is 0 Å². The Labute approximate surface area is 149 Å². The first kappa shape index (κ1) is 19.0. The number of hydrogen-bond donors (Lipinski definition) is 1. The summed E-state index contributed by atoms with van der Waals surface area (Å²) in [7, 11) is -3.40. The van der Waals surface area contributed by atoms with Crippen molar-refractivity contribution in [3.8, 4) is 0 Å². The van der Waals surface area contributed by atoms with Crippen molar-refractivity contribution in [2.45, 2.75) is 26.8 Å². The Kier molecular flexibility index (Phi) is 6.20. The van der Waals surface area contributed by atoms with Crippen molar-refractivity contribution >= 4 is 21.6 Å². The lowest BCUT2D eigenvalue weighted by atomic mass is 10.1. The van der Waals surface area contributed by atoms with Gasteiger partial charge in [0.05, 0.1) is 11.9 Å². The van der Waals surface area contributed by atoms with E-state index in [9.17, 15) is 13.2 Å². The van der Waals surface area contributed by atoms with Crippen molar-refractivity contribution in [1.82, 2.24) is 4.90 Å². The van der Waals surface area contributed by atoms with E-state index in [4.69, 9.17) is 0 Å². The number of aryl methyl sites for hydroxylation is 1. The van der Waals surface area contributed by atoms with Gasteiger partial charge in [-0.2, -0.15) is 0 Å². The van der Waals surface area contributed by atoms with Gasteiger partial charge in [0.15, 0.2) is 0 Å². The molecule has 2 aromatic rings. The van der Waals surface area contributed by atoms with Crippen LogP contribution in [0, 0.1) is 6.92 Å². The van der Waals surface area contributed by atoms with Gasteiger partial charge in [0.25, 0.3) is 5.91 Å². The Morgan fingerprint density at radius 2 is 1.80 bits per heavy atom. The number of nitrogens with zero attached hydrogens (tertiary/aromatic N) is 1. The lowest BCUT2D eigenvalue weighted by molar-refractivity contribution is 0.0743. The number of rotatable bonds is 7. The van der Waals surface area contributed by atoms with Crippen LogP contribution in [0.15, 0.2) is 48.5 Å². The van der Waals surface area contributed by atoms with Crippen molar-refractivity contribution in [2.75, 3.05) is 17.5 Å². The molecular weight excluding hydrogens is 336 g/mol. The summed E-state index contributed by atoms with van der Waals surface area (Å²) in [6.45, 7) is 4.99. The third kappa shape index (κ3) is 5.60. The second-order valence-corrected chi connectivity index (χ2v) is 7.86. The first-order chi connectivity index (χ1) is 11.8. The molecule has 134 valence electrons. The fraction of sp³-hybridized carbons (Fsp3) is 0.316. The summed E-state index contributed by atoms with van der Waals surface area (Å²) in [5.41, 5.74) is 2.74. The minimum atomic E-state index is -3.40. The van der Waals surface area contributed by atoms with Crippen LogP contribution in [0.2, 0.25) is 0 Å². The normalized spacial score (nSPS) is 11.2. The summed E-state index contributed by atoms with van der Waals surface area (Å²) in [6.07, 6.45) is 1.94. The molecule has 2 aromatic carbocycles. The molecular formula is C19H24N2O3S. The standard InChI is InChI=1S/C19H24N2O3S/c1-4-12-21(14-16-8-6-5-7-9-16)19(22)17-11-10-15(2)18(13-17)20-25(3,23)24/h5-11,13,20H,4,12,14H2,1-3H3. The van der Waals surface area contributed by atoms with Gasteiger partial charge in [0, 0.05) is 18.7 Å². The van der Waals surface area contributed by atoms with Gasteiger partial charge < -0.3 is 4.90 Å². The molecule has 0 spiro atoms. The number of benzene rings is 2. The van der Waals surface area contributed by atoms with E-state index in [1.807, 2.05) is 37.3 Å². The molecule has 5 nitrogen and oxygen atoms in total. The van der Waals surface area contributed by atoms with Crippen molar-refractivity contribution in [3.05, 3.63) is 65.2 Å². The number of nitrogens with one attached hydrogen (secondary N) is 1. The van der Waals surface area contributed by atoms with Gasteiger partial charge in [-0.1, -0.05) is 43.3 Å². The Hall–Kier alpha value is -2.34. The molecule has 0 radical (unpaired) electrons. The maximum atomic E-state index is 12.9. The minimum Gasteiger partial charge on any atom is -0.334 e. The molecule has 0 saturated heterocycles.